The molecule has 0 aliphatic carbocycles. The first-order chi connectivity index (χ1) is 9.67. The number of rotatable bonds is 6. The molecule has 0 fully saturated rings. The summed E-state index contributed by atoms with van der Waals surface area (Å²) in [4.78, 5) is 0.956. The molecule has 2 aromatic rings. The molecule has 20 heavy (non-hydrogen) atoms. The second kappa shape index (κ2) is 7.03. The fraction of sp³-hybridized carbons (Fsp3) is 0.444. The van der Waals surface area contributed by atoms with E-state index in [1.54, 1.807) is 7.11 Å². The van der Waals surface area contributed by atoms with Crippen LogP contribution in [-0.4, -0.2) is 7.11 Å². The number of benzene rings is 2. The Balaban J connectivity index is 2.28. The van der Waals surface area contributed by atoms with E-state index in [4.69, 9.17) is 4.74 Å². The van der Waals surface area contributed by atoms with Crippen molar-refractivity contribution in [2.45, 2.75) is 50.8 Å². The molecule has 2 heteroatoms. The van der Waals surface area contributed by atoms with Crippen LogP contribution in [0.4, 0.5) is 0 Å². The van der Waals surface area contributed by atoms with Gasteiger partial charge in [-0.3, -0.25) is 0 Å². The van der Waals surface area contributed by atoms with Crippen LogP contribution in [0.15, 0.2) is 29.2 Å². The van der Waals surface area contributed by atoms with Crippen molar-refractivity contribution in [3.8, 4) is 5.75 Å². The van der Waals surface area contributed by atoms with Crippen LogP contribution in [0.25, 0.3) is 10.8 Å². The Kier molecular flexibility index (Phi) is 5.36. The van der Waals surface area contributed by atoms with Crippen LogP contribution in [0.5, 0.6) is 5.75 Å². The number of ether oxygens (including phenoxy) is 1. The summed E-state index contributed by atoms with van der Waals surface area (Å²) in [6, 6.07) is 8.89. The number of hydrogen-bond donors (Lipinski definition) is 1. The molecule has 0 heterocycles. The monoisotopic (exact) mass is 288 g/mol. The highest BCUT2D eigenvalue weighted by atomic mass is 32.1. The van der Waals surface area contributed by atoms with Gasteiger partial charge >= 0.3 is 0 Å². The SMILES string of the molecule is CCCCCCc1ccc2cc(C)c(OC)c(S)c2c1. The predicted molar refractivity (Wildman–Crippen MR) is 90.3 cm³/mol. The smallest absolute Gasteiger partial charge is 0.135 e. The second-order valence-corrected chi connectivity index (χ2v) is 5.89. The standard InChI is InChI=1S/C18H24OS/c1-4-5-6-7-8-14-9-10-15-11-13(2)17(19-3)18(20)16(15)12-14/h9-12,20H,4-8H2,1-3H3. The quantitative estimate of drug-likeness (QED) is 0.540. The molecule has 0 aliphatic heterocycles. The fourth-order valence-corrected chi connectivity index (χ4v) is 3.17. The topological polar surface area (TPSA) is 9.23 Å². The van der Waals surface area contributed by atoms with Gasteiger partial charge in [0.15, 0.2) is 0 Å². The molecule has 1 nitrogen and oxygen atoms in total. The summed E-state index contributed by atoms with van der Waals surface area (Å²) >= 11 is 4.66. The normalized spacial score (nSPS) is 11.0. The minimum absolute atomic E-state index is 0.893. The first kappa shape index (κ1) is 15.2. The molecular weight excluding hydrogens is 264 g/mol. The van der Waals surface area contributed by atoms with Gasteiger partial charge in [0.1, 0.15) is 5.75 Å². The van der Waals surface area contributed by atoms with Gasteiger partial charge in [0.2, 0.25) is 0 Å². The molecule has 0 aromatic heterocycles. The average molecular weight is 288 g/mol. The summed E-state index contributed by atoms with van der Waals surface area (Å²) in [5.74, 6) is 0.893. The van der Waals surface area contributed by atoms with Gasteiger partial charge in [-0.25, -0.2) is 0 Å². The van der Waals surface area contributed by atoms with E-state index in [0.29, 0.717) is 0 Å². The second-order valence-electron chi connectivity index (χ2n) is 5.44. The van der Waals surface area contributed by atoms with E-state index in [1.165, 1.54) is 42.0 Å². The highest BCUT2D eigenvalue weighted by molar-refractivity contribution is 7.80. The molecule has 0 spiro atoms. The zero-order valence-corrected chi connectivity index (χ0v) is 13.6. The van der Waals surface area contributed by atoms with Gasteiger partial charge in [-0.2, -0.15) is 0 Å². The van der Waals surface area contributed by atoms with E-state index >= 15 is 0 Å². The van der Waals surface area contributed by atoms with Gasteiger partial charge in [-0.15, -0.1) is 12.6 Å². The summed E-state index contributed by atoms with van der Waals surface area (Å²) in [6.45, 7) is 4.31. The minimum atomic E-state index is 0.893. The maximum Gasteiger partial charge on any atom is 0.135 e. The van der Waals surface area contributed by atoms with E-state index in [9.17, 15) is 0 Å². The van der Waals surface area contributed by atoms with Crippen LogP contribution >= 0.6 is 12.6 Å². The Morgan fingerprint density at radius 2 is 1.90 bits per heavy atom. The molecule has 0 N–H and O–H groups in total. The third-order valence-corrected chi connectivity index (χ3v) is 4.29. The third-order valence-electron chi connectivity index (χ3n) is 3.84. The number of aryl methyl sites for hydroxylation is 2. The number of fused-ring (bicyclic) bond motifs is 1. The zero-order chi connectivity index (χ0) is 14.5. The van der Waals surface area contributed by atoms with Crippen molar-refractivity contribution in [2.24, 2.45) is 0 Å². The van der Waals surface area contributed by atoms with Crippen molar-refractivity contribution in [2.75, 3.05) is 7.11 Å². The van der Waals surface area contributed by atoms with Gasteiger partial charge in [0.25, 0.3) is 0 Å². The highest BCUT2D eigenvalue weighted by Crippen LogP contribution is 2.35. The van der Waals surface area contributed by atoms with Gasteiger partial charge in [-0.1, -0.05) is 38.3 Å². The first-order valence-electron chi connectivity index (χ1n) is 7.46. The molecule has 0 atom stereocenters. The van der Waals surface area contributed by atoms with E-state index in [2.05, 4.69) is 50.7 Å². The van der Waals surface area contributed by atoms with Crippen LogP contribution in [0.1, 0.15) is 43.7 Å². The molecule has 108 valence electrons. The summed E-state index contributed by atoms with van der Waals surface area (Å²) in [5.41, 5.74) is 2.54. The Morgan fingerprint density at radius 1 is 1.10 bits per heavy atom. The van der Waals surface area contributed by atoms with Crippen LogP contribution in [0.2, 0.25) is 0 Å². The summed E-state index contributed by atoms with van der Waals surface area (Å²) < 4.78 is 5.46. The molecule has 0 aliphatic rings. The van der Waals surface area contributed by atoms with Gasteiger partial charge in [0, 0.05) is 0 Å². The van der Waals surface area contributed by atoms with E-state index < -0.39 is 0 Å². The molecule has 0 radical (unpaired) electrons. The van der Waals surface area contributed by atoms with Crippen molar-refractivity contribution in [1.29, 1.82) is 0 Å². The van der Waals surface area contributed by atoms with Gasteiger partial charge in [-0.05, 0) is 53.8 Å². The number of hydrogen-bond acceptors (Lipinski definition) is 2. The molecule has 0 amide bonds. The Morgan fingerprint density at radius 3 is 2.60 bits per heavy atom. The molecule has 2 rings (SSSR count). The summed E-state index contributed by atoms with van der Waals surface area (Å²) in [5, 5.41) is 2.44. The predicted octanol–water partition coefficient (Wildman–Crippen LogP) is 5.57. The molecule has 0 saturated carbocycles. The van der Waals surface area contributed by atoms with E-state index in [-0.39, 0.29) is 0 Å². The Labute approximate surface area is 127 Å². The maximum atomic E-state index is 5.46. The number of thiol groups is 1. The van der Waals surface area contributed by atoms with Crippen molar-refractivity contribution in [3.63, 3.8) is 0 Å². The molecule has 0 bridgehead atoms. The lowest BCUT2D eigenvalue weighted by Crippen LogP contribution is -1.92. The maximum absolute atomic E-state index is 5.46. The molecule has 0 saturated heterocycles. The van der Waals surface area contributed by atoms with Crippen LogP contribution in [0.3, 0.4) is 0 Å². The average Bonchev–Trinajstić information content (AvgIpc) is 2.44. The lowest BCUT2D eigenvalue weighted by atomic mass is 10.0. The number of methoxy groups -OCH3 is 1. The highest BCUT2D eigenvalue weighted by Gasteiger charge is 2.09. The molecular formula is C18H24OS. The fourth-order valence-electron chi connectivity index (χ4n) is 2.71. The van der Waals surface area contributed by atoms with Crippen LogP contribution in [0, 0.1) is 6.92 Å². The van der Waals surface area contributed by atoms with Gasteiger partial charge in [0.05, 0.1) is 12.0 Å². The lowest BCUT2D eigenvalue weighted by molar-refractivity contribution is 0.403. The summed E-state index contributed by atoms with van der Waals surface area (Å²) in [6.07, 6.45) is 6.36. The van der Waals surface area contributed by atoms with Crippen molar-refractivity contribution >= 4 is 23.4 Å². The Bertz CT molecular complexity index is 589. The van der Waals surface area contributed by atoms with Crippen LogP contribution in [-0.2, 0) is 6.42 Å². The zero-order valence-electron chi connectivity index (χ0n) is 12.7. The summed E-state index contributed by atoms with van der Waals surface area (Å²) in [7, 11) is 1.71. The third kappa shape index (κ3) is 3.29. The molecule has 2 aromatic carbocycles. The first-order valence-corrected chi connectivity index (χ1v) is 7.91. The number of unbranched alkanes of at least 4 members (excludes halogenated alkanes) is 3. The van der Waals surface area contributed by atoms with Crippen molar-refractivity contribution in [3.05, 3.63) is 35.4 Å². The largest absolute Gasteiger partial charge is 0.495 e. The van der Waals surface area contributed by atoms with Crippen molar-refractivity contribution < 1.29 is 4.74 Å². The van der Waals surface area contributed by atoms with E-state index in [1.807, 2.05) is 0 Å². The lowest BCUT2D eigenvalue weighted by Gasteiger charge is -2.12. The Hall–Kier alpha value is -1.15. The van der Waals surface area contributed by atoms with Gasteiger partial charge < -0.3 is 4.74 Å². The van der Waals surface area contributed by atoms with E-state index in [0.717, 1.165) is 22.6 Å². The minimum Gasteiger partial charge on any atom is -0.495 e. The van der Waals surface area contributed by atoms with Crippen LogP contribution < -0.4 is 4.74 Å². The van der Waals surface area contributed by atoms with Crippen molar-refractivity contribution in [1.82, 2.24) is 0 Å². The molecule has 0 unspecified atom stereocenters.